The molecule has 0 aromatic carbocycles. The van der Waals surface area contributed by atoms with Crippen molar-refractivity contribution in [2.24, 2.45) is 0 Å². The summed E-state index contributed by atoms with van der Waals surface area (Å²) in [5, 5.41) is 0. The van der Waals surface area contributed by atoms with Crippen LogP contribution in [0.25, 0.3) is 0 Å². The molecule has 0 spiro atoms. The third-order valence-corrected chi connectivity index (χ3v) is 1.73. The second-order valence-corrected chi connectivity index (χ2v) is 2.84. The minimum atomic E-state index is -0.0484. The van der Waals surface area contributed by atoms with Crippen LogP contribution in [0.5, 0.6) is 0 Å². The van der Waals surface area contributed by atoms with Crippen LogP contribution in [0.15, 0.2) is 12.7 Å². The van der Waals surface area contributed by atoms with Crippen molar-refractivity contribution in [3.63, 3.8) is 0 Å². The normalized spacial score (nSPS) is 9.31. The molecule has 74 valence electrons. The van der Waals surface area contributed by atoms with E-state index in [4.69, 9.17) is 0 Å². The molecule has 0 aromatic heterocycles. The molecule has 0 aliphatic rings. The largest absolute Gasteiger partial charge is 0.339 e. The van der Waals surface area contributed by atoms with Gasteiger partial charge >= 0.3 is 0 Å². The van der Waals surface area contributed by atoms with Gasteiger partial charge in [0, 0.05) is 19.5 Å². The molecule has 0 atom stereocenters. The highest BCUT2D eigenvalue weighted by molar-refractivity contribution is 5.86. The Morgan fingerprint density at radius 1 is 1.46 bits per heavy atom. The third kappa shape index (κ3) is 5.17. The van der Waals surface area contributed by atoms with Crippen LogP contribution in [0.4, 0.5) is 0 Å². The minimum absolute atomic E-state index is 0.0484. The Bertz CT molecular complexity index is 178. The quantitative estimate of drug-likeness (QED) is 0.340. The lowest BCUT2D eigenvalue weighted by Crippen LogP contribution is -2.31. The van der Waals surface area contributed by atoms with E-state index in [2.05, 4.69) is 6.58 Å². The van der Waals surface area contributed by atoms with E-state index in [1.54, 1.807) is 4.90 Å². The van der Waals surface area contributed by atoms with Crippen molar-refractivity contribution in [3.05, 3.63) is 12.7 Å². The van der Waals surface area contributed by atoms with Crippen molar-refractivity contribution >= 4 is 12.2 Å². The lowest BCUT2D eigenvalue weighted by molar-refractivity contribution is -0.126. The second kappa shape index (κ2) is 7.53. The van der Waals surface area contributed by atoms with E-state index in [1.165, 1.54) is 6.08 Å². The van der Waals surface area contributed by atoms with E-state index in [0.717, 1.165) is 25.7 Å². The van der Waals surface area contributed by atoms with Gasteiger partial charge in [0.15, 0.2) is 0 Å². The topological polar surface area (TPSA) is 37.4 Å². The molecule has 0 aromatic rings. The summed E-state index contributed by atoms with van der Waals surface area (Å²) >= 11 is 0. The molecule has 1 amide bonds. The predicted octanol–water partition coefficient (Wildman–Crippen LogP) is 1.39. The van der Waals surface area contributed by atoms with Crippen LogP contribution in [0.3, 0.4) is 0 Å². The van der Waals surface area contributed by atoms with Gasteiger partial charge in [0.1, 0.15) is 6.29 Å². The van der Waals surface area contributed by atoms with Gasteiger partial charge in [-0.1, -0.05) is 13.5 Å². The van der Waals surface area contributed by atoms with Crippen LogP contribution in [-0.2, 0) is 9.59 Å². The lowest BCUT2D eigenvalue weighted by Gasteiger charge is -2.19. The highest BCUT2D eigenvalue weighted by Crippen LogP contribution is 1.97. The van der Waals surface area contributed by atoms with Gasteiger partial charge in [0.25, 0.3) is 0 Å². The van der Waals surface area contributed by atoms with E-state index < -0.39 is 0 Å². The molecule has 0 rings (SSSR count). The van der Waals surface area contributed by atoms with Crippen molar-refractivity contribution in [1.82, 2.24) is 4.90 Å². The van der Waals surface area contributed by atoms with Crippen molar-refractivity contribution in [2.75, 3.05) is 13.1 Å². The fourth-order valence-corrected chi connectivity index (χ4v) is 1.10. The number of rotatable bonds is 7. The minimum Gasteiger partial charge on any atom is -0.339 e. The number of carbonyl (C=O) groups excluding carboxylic acids is 2. The van der Waals surface area contributed by atoms with Gasteiger partial charge < -0.3 is 9.69 Å². The molecule has 3 heteroatoms. The molecule has 0 N–H and O–H groups in total. The van der Waals surface area contributed by atoms with Gasteiger partial charge in [-0.25, -0.2) is 0 Å². The SMILES string of the molecule is C=CC(=O)N(CCC)CCCC=O. The summed E-state index contributed by atoms with van der Waals surface area (Å²) in [7, 11) is 0. The maximum Gasteiger partial charge on any atom is 0.245 e. The fourth-order valence-electron chi connectivity index (χ4n) is 1.10. The molecule has 0 aliphatic carbocycles. The zero-order chi connectivity index (χ0) is 10.1. The molecule has 0 radical (unpaired) electrons. The van der Waals surface area contributed by atoms with Gasteiger partial charge in [-0.2, -0.15) is 0 Å². The Kier molecular flexibility index (Phi) is 6.88. The van der Waals surface area contributed by atoms with Crippen LogP contribution in [-0.4, -0.2) is 30.2 Å². The maximum atomic E-state index is 11.2. The Labute approximate surface area is 79.4 Å². The van der Waals surface area contributed by atoms with Crippen LogP contribution < -0.4 is 0 Å². The molecule has 0 fully saturated rings. The first-order valence-electron chi connectivity index (χ1n) is 4.61. The number of aldehydes is 1. The Hall–Kier alpha value is -1.12. The first-order chi connectivity index (χ1) is 6.26. The summed E-state index contributed by atoms with van der Waals surface area (Å²) in [5.74, 6) is -0.0484. The van der Waals surface area contributed by atoms with Crippen molar-refractivity contribution in [1.29, 1.82) is 0 Å². The monoisotopic (exact) mass is 183 g/mol. The van der Waals surface area contributed by atoms with Gasteiger partial charge in [0.05, 0.1) is 0 Å². The average Bonchev–Trinajstić information content (AvgIpc) is 2.16. The van der Waals surface area contributed by atoms with Gasteiger partial charge in [-0.3, -0.25) is 4.79 Å². The number of hydrogen-bond acceptors (Lipinski definition) is 2. The zero-order valence-electron chi connectivity index (χ0n) is 8.16. The van der Waals surface area contributed by atoms with Gasteiger partial charge in [0.2, 0.25) is 5.91 Å². The Morgan fingerprint density at radius 3 is 2.62 bits per heavy atom. The van der Waals surface area contributed by atoms with E-state index >= 15 is 0 Å². The third-order valence-electron chi connectivity index (χ3n) is 1.73. The standard InChI is InChI=1S/C10H17NO2/c1-3-7-11(10(13)4-2)8-5-6-9-12/h4,9H,2-3,5-8H2,1H3. The van der Waals surface area contributed by atoms with Crippen molar-refractivity contribution in [3.8, 4) is 0 Å². The zero-order valence-corrected chi connectivity index (χ0v) is 8.16. The average molecular weight is 183 g/mol. The summed E-state index contributed by atoms with van der Waals surface area (Å²) in [5.41, 5.74) is 0. The molecule has 0 saturated heterocycles. The molecular weight excluding hydrogens is 166 g/mol. The number of amides is 1. The molecule has 3 nitrogen and oxygen atoms in total. The highest BCUT2D eigenvalue weighted by Gasteiger charge is 2.07. The van der Waals surface area contributed by atoms with Crippen LogP contribution in [0.2, 0.25) is 0 Å². The van der Waals surface area contributed by atoms with Crippen molar-refractivity contribution < 1.29 is 9.59 Å². The Balaban J connectivity index is 3.85. The number of nitrogens with zero attached hydrogens (tertiary/aromatic N) is 1. The fraction of sp³-hybridized carbons (Fsp3) is 0.600. The molecule has 13 heavy (non-hydrogen) atoms. The van der Waals surface area contributed by atoms with E-state index in [1.807, 2.05) is 6.92 Å². The van der Waals surface area contributed by atoms with Gasteiger partial charge in [-0.05, 0) is 18.9 Å². The van der Waals surface area contributed by atoms with Crippen LogP contribution >= 0.6 is 0 Å². The second-order valence-electron chi connectivity index (χ2n) is 2.84. The van der Waals surface area contributed by atoms with Crippen molar-refractivity contribution in [2.45, 2.75) is 26.2 Å². The first kappa shape index (κ1) is 11.9. The van der Waals surface area contributed by atoms with E-state index in [0.29, 0.717) is 13.0 Å². The van der Waals surface area contributed by atoms with Crippen LogP contribution in [0.1, 0.15) is 26.2 Å². The lowest BCUT2D eigenvalue weighted by atomic mass is 10.3. The first-order valence-corrected chi connectivity index (χ1v) is 4.61. The smallest absolute Gasteiger partial charge is 0.245 e. The summed E-state index contributed by atoms with van der Waals surface area (Å²) in [6.07, 6.45) is 4.38. The summed E-state index contributed by atoms with van der Waals surface area (Å²) in [6, 6.07) is 0. The Morgan fingerprint density at radius 2 is 2.15 bits per heavy atom. The summed E-state index contributed by atoms with van der Waals surface area (Å²) in [6.45, 7) is 6.84. The molecule has 0 bridgehead atoms. The van der Waals surface area contributed by atoms with E-state index in [9.17, 15) is 9.59 Å². The van der Waals surface area contributed by atoms with Crippen LogP contribution in [0, 0.1) is 0 Å². The predicted molar refractivity (Wildman–Crippen MR) is 52.4 cm³/mol. The highest BCUT2D eigenvalue weighted by atomic mass is 16.2. The molecule has 0 unspecified atom stereocenters. The van der Waals surface area contributed by atoms with E-state index in [-0.39, 0.29) is 5.91 Å². The molecule has 0 saturated carbocycles. The number of carbonyl (C=O) groups is 2. The summed E-state index contributed by atoms with van der Waals surface area (Å²) in [4.78, 5) is 23.0. The molecular formula is C10H17NO2. The number of unbranched alkanes of at least 4 members (excludes halogenated alkanes) is 1. The molecule has 0 heterocycles. The van der Waals surface area contributed by atoms with Gasteiger partial charge in [-0.15, -0.1) is 0 Å². The molecule has 0 aliphatic heterocycles. The summed E-state index contributed by atoms with van der Waals surface area (Å²) < 4.78 is 0. The number of hydrogen-bond donors (Lipinski definition) is 0. The maximum absolute atomic E-state index is 11.2.